The van der Waals surface area contributed by atoms with E-state index in [1.807, 2.05) is 24.3 Å². The normalized spacial score (nSPS) is 21.9. The first kappa shape index (κ1) is 9.69. The number of Topliss-reactive ketones (excluding diaryl/α,β-unsaturated/α-hetero) is 1. The molecule has 0 saturated heterocycles. The molecule has 0 radical (unpaired) electrons. The molecule has 0 aromatic heterocycles. The summed E-state index contributed by atoms with van der Waals surface area (Å²) in [5.74, 6) is 0.232. The van der Waals surface area contributed by atoms with Crippen molar-refractivity contribution in [3.05, 3.63) is 47.0 Å². The molecule has 0 heterocycles. The zero-order valence-corrected chi connectivity index (χ0v) is 9.11. The van der Waals surface area contributed by atoms with Gasteiger partial charge in [-0.05, 0) is 0 Å². The third-order valence-corrected chi connectivity index (χ3v) is 4.27. The first-order chi connectivity index (χ1) is 6.73. The van der Waals surface area contributed by atoms with E-state index < -0.39 is 0 Å². The zero-order chi connectivity index (χ0) is 10.0. The Labute approximate surface area is 90.4 Å². The Bertz CT molecular complexity index is 360. The van der Waals surface area contributed by atoms with Crippen LogP contribution in [0.4, 0.5) is 0 Å². The van der Waals surface area contributed by atoms with Crippen LogP contribution in [0, 0.1) is 0 Å². The van der Waals surface area contributed by atoms with Crippen LogP contribution in [0.1, 0.15) is 13.3 Å². The Morgan fingerprint density at radius 3 is 2.57 bits per heavy atom. The summed E-state index contributed by atoms with van der Waals surface area (Å²) in [7, 11) is 0. The van der Waals surface area contributed by atoms with Crippen molar-refractivity contribution in [2.75, 3.05) is 0 Å². The quantitative estimate of drug-likeness (QED) is 0.678. The third-order valence-electron chi connectivity index (χ3n) is 2.29. The molecule has 2 aliphatic rings. The van der Waals surface area contributed by atoms with Crippen LogP contribution in [0.5, 0.6) is 0 Å². The number of hydrogen-bond donors (Lipinski definition) is 0. The molecule has 2 aliphatic carbocycles. The summed E-state index contributed by atoms with van der Waals surface area (Å²) in [5.41, 5.74) is 0. The van der Waals surface area contributed by atoms with Crippen molar-refractivity contribution in [3.63, 3.8) is 0 Å². The fraction of sp³-hybridized carbons (Fsp3) is 0.250. The molecule has 0 amide bonds. The minimum absolute atomic E-state index is 0.232. The molecule has 0 aromatic carbocycles. The van der Waals surface area contributed by atoms with Crippen LogP contribution in [0.25, 0.3) is 0 Å². The summed E-state index contributed by atoms with van der Waals surface area (Å²) in [5, 5.41) is 0. The molecule has 0 atom stereocenters. The van der Waals surface area contributed by atoms with Crippen molar-refractivity contribution >= 4 is 5.78 Å². The van der Waals surface area contributed by atoms with Gasteiger partial charge in [0.25, 0.3) is 0 Å². The molecule has 2 rings (SSSR count). The van der Waals surface area contributed by atoms with Gasteiger partial charge in [0.15, 0.2) is 0 Å². The van der Waals surface area contributed by atoms with Crippen molar-refractivity contribution in [2.24, 2.45) is 0 Å². The summed E-state index contributed by atoms with van der Waals surface area (Å²) in [6, 6.07) is 0. The van der Waals surface area contributed by atoms with Crippen molar-refractivity contribution in [2.45, 2.75) is 17.7 Å². The molecule has 2 heteroatoms. The van der Waals surface area contributed by atoms with Crippen molar-refractivity contribution in [1.82, 2.24) is 0 Å². The third kappa shape index (κ3) is 1.68. The Balaban J connectivity index is 2.17. The Morgan fingerprint density at radius 1 is 1.36 bits per heavy atom. The van der Waals surface area contributed by atoms with E-state index in [0.29, 0.717) is 0 Å². The number of allylic oxidation sites excluding steroid dienone is 8. The maximum atomic E-state index is 11.6. The van der Waals surface area contributed by atoms with Gasteiger partial charge >= 0.3 is 90.2 Å². The van der Waals surface area contributed by atoms with Crippen molar-refractivity contribution < 1.29 is 19.8 Å². The average molecular weight is 228 g/mol. The van der Waals surface area contributed by atoms with Gasteiger partial charge < -0.3 is 0 Å². The van der Waals surface area contributed by atoms with Gasteiger partial charge in [-0.1, -0.05) is 0 Å². The van der Waals surface area contributed by atoms with Crippen LogP contribution in [-0.4, -0.2) is 5.78 Å². The molecule has 14 heavy (non-hydrogen) atoms. The Hall–Kier alpha value is -0.851. The fourth-order valence-corrected chi connectivity index (χ4v) is 3.09. The number of ketones is 1. The number of carbonyl (C=O) groups excluding carboxylic acids is 1. The van der Waals surface area contributed by atoms with E-state index in [0.717, 1.165) is 21.4 Å². The molecule has 0 bridgehead atoms. The Kier molecular flexibility index (Phi) is 2.58. The van der Waals surface area contributed by atoms with Crippen molar-refractivity contribution in [1.29, 1.82) is 0 Å². The van der Waals surface area contributed by atoms with Crippen LogP contribution in [-0.2, 0) is 19.8 Å². The molecule has 0 spiro atoms. The van der Waals surface area contributed by atoms with Crippen molar-refractivity contribution in [3.8, 4) is 0 Å². The summed E-state index contributed by atoms with van der Waals surface area (Å²) in [4.78, 5) is 11.6. The van der Waals surface area contributed by atoms with Crippen LogP contribution < -0.4 is 0 Å². The van der Waals surface area contributed by atoms with Gasteiger partial charge in [0, 0.05) is 0 Å². The molecule has 0 N–H and O–H groups in total. The van der Waals surface area contributed by atoms with Crippen LogP contribution in [0.15, 0.2) is 47.0 Å². The second-order valence-electron chi connectivity index (χ2n) is 3.34. The van der Waals surface area contributed by atoms with Crippen LogP contribution >= 0.6 is 0 Å². The first-order valence-corrected chi connectivity index (χ1v) is 5.71. The molecule has 1 nitrogen and oxygen atoms in total. The van der Waals surface area contributed by atoms with E-state index in [9.17, 15) is 4.79 Å². The van der Waals surface area contributed by atoms with E-state index >= 15 is 0 Å². The average Bonchev–Trinajstić information content (AvgIpc) is 2.76. The number of carbonyl (C=O) groups is 1. The maximum absolute atomic E-state index is 11.6. The second kappa shape index (κ2) is 3.72. The first-order valence-electron chi connectivity index (χ1n) is 4.60. The molecule has 0 aliphatic heterocycles. The molecule has 0 aromatic rings. The summed E-state index contributed by atoms with van der Waals surface area (Å²) < 4.78 is 0.995. The summed E-state index contributed by atoms with van der Waals surface area (Å²) >= 11 is 0.836. The van der Waals surface area contributed by atoms with Gasteiger partial charge in [0.1, 0.15) is 0 Å². The molecule has 0 fully saturated rings. The SMILES string of the molecule is CC(=O)[C]1([Fe][C]2=CC=CC2)C=CC=C1. The molecule has 0 unspecified atom stereocenters. The van der Waals surface area contributed by atoms with Gasteiger partial charge in [-0.25, -0.2) is 0 Å². The second-order valence-corrected chi connectivity index (χ2v) is 5.24. The minimum atomic E-state index is -0.349. The Morgan fingerprint density at radius 2 is 2.07 bits per heavy atom. The molecule has 74 valence electrons. The molecular formula is C12H12FeO. The summed E-state index contributed by atoms with van der Waals surface area (Å²) in [6.07, 6.45) is 15.2. The topological polar surface area (TPSA) is 17.1 Å². The van der Waals surface area contributed by atoms with E-state index in [1.165, 1.54) is 4.47 Å². The van der Waals surface area contributed by atoms with Gasteiger partial charge in [-0.2, -0.15) is 0 Å². The number of rotatable bonds is 3. The predicted octanol–water partition coefficient (Wildman–Crippen LogP) is 2.79. The van der Waals surface area contributed by atoms with Gasteiger partial charge in [-0.3, -0.25) is 0 Å². The predicted molar refractivity (Wildman–Crippen MR) is 53.5 cm³/mol. The standard InChI is InChI=1S/C7H7O.C5H5.Fe/c1-6(8)7-4-2-3-5-7;1-2-4-5-3-1;/h2-5H,1H3;1-3H,4H2;. The van der Waals surface area contributed by atoms with Crippen LogP contribution in [0.2, 0.25) is 4.31 Å². The van der Waals surface area contributed by atoms with E-state index in [2.05, 4.69) is 18.2 Å². The van der Waals surface area contributed by atoms with Crippen LogP contribution in [0.3, 0.4) is 0 Å². The van der Waals surface area contributed by atoms with Gasteiger partial charge in [0.2, 0.25) is 0 Å². The summed E-state index contributed by atoms with van der Waals surface area (Å²) in [6.45, 7) is 1.67. The fourth-order valence-electron chi connectivity index (χ4n) is 1.47. The number of hydrogen-bond acceptors (Lipinski definition) is 1. The zero-order valence-electron chi connectivity index (χ0n) is 8.01. The van der Waals surface area contributed by atoms with Gasteiger partial charge in [0.05, 0.1) is 0 Å². The molecule has 0 saturated carbocycles. The monoisotopic (exact) mass is 228 g/mol. The molecular weight excluding hydrogens is 216 g/mol. The van der Waals surface area contributed by atoms with E-state index in [1.54, 1.807) is 6.92 Å². The van der Waals surface area contributed by atoms with E-state index in [-0.39, 0.29) is 10.1 Å². The van der Waals surface area contributed by atoms with E-state index in [4.69, 9.17) is 0 Å². The van der Waals surface area contributed by atoms with Gasteiger partial charge in [-0.15, -0.1) is 0 Å².